The number of hydrogen-bond acceptors (Lipinski definition) is 3. The van der Waals surface area contributed by atoms with Gasteiger partial charge in [0, 0.05) is 42.0 Å². The van der Waals surface area contributed by atoms with E-state index < -0.39 is 0 Å². The van der Waals surface area contributed by atoms with Gasteiger partial charge < -0.3 is 4.90 Å². The zero-order valence-corrected chi connectivity index (χ0v) is 11.8. The molecule has 0 saturated heterocycles. The number of anilines is 1. The van der Waals surface area contributed by atoms with Gasteiger partial charge in [-0.2, -0.15) is 0 Å². The van der Waals surface area contributed by atoms with E-state index in [2.05, 4.69) is 16.8 Å². The van der Waals surface area contributed by atoms with E-state index in [1.165, 1.54) is 0 Å². The number of aromatic nitrogens is 1. The molecule has 2 aromatic rings. The van der Waals surface area contributed by atoms with Gasteiger partial charge in [0.05, 0.1) is 0 Å². The SMILES string of the molecule is CCN(/C=C(\C(C)=O)c1cccnc1)c1ccccc1. The Bertz CT molecular complexity index is 591. The molecule has 102 valence electrons. The Hall–Kier alpha value is -2.42. The van der Waals surface area contributed by atoms with Crippen molar-refractivity contribution in [2.75, 3.05) is 11.4 Å². The Kier molecular flexibility index (Phi) is 4.66. The zero-order valence-electron chi connectivity index (χ0n) is 11.8. The predicted octanol–water partition coefficient (Wildman–Crippen LogP) is 3.54. The third kappa shape index (κ3) is 3.32. The Balaban J connectivity index is 2.40. The van der Waals surface area contributed by atoms with Gasteiger partial charge in [-0.05, 0) is 32.0 Å². The number of benzene rings is 1. The first-order valence-electron chi connectivity index (χ1n) is 6.67. The van der Waals surface area contributed by atoms with Gasteiger partial charge in [0.15, 0.2) is 5.78 Å². The highest BCUT2D eigenvalue weighted by Crippen LogP contribution is 2.19. The van der Waals surface area contributed by atoms with Gasteiger partial charge in [-0.1, -0.05) is 24.3 Å². The number of pyridine rings is 1. The largest absolute Gasteiger partial charge is 0.348 e. The first-order chi connectivity index (χ1) is 9.72. The van der Waals surface area contributed by atoms with E-state index in [-0.39, 0.29) is 5.78 Å². The van der Waals surface area contributed by atoms with Crippen molar-refractivity contribution in [3.05, 3.63) is 66.6 Å². The maximum Gasteiger partial charge on any atom is 0.161 e. The van der Waals surface area contributed by atoms with E-state index in [1.807, 2.05) is 48.7 Å². The lowest BCUT2D eigenvalue weighted by atomic mass is 10.1. The fourth-order valence-corrected chi connectivity index (χ4v) is 2.01. The van der Waals surface area contributed by atoms with Gasteiger partial charge in [-0.3, -0.25) is 9.78 Å². The Morgan fingerprint density at radius 1 is 1.20 bits per heavy atom. The molecule has 0 N–H and O–H groups in total. The highest BCUT2D eigenvalue weighted by atomic mass is 16.1. The minimum absolute atomic E-state index is 0.0346. The number of carbonyl (C=O) groups is 1. The molecule has 1 heterocycles. The molecule has 3 nitrogen and oxygen atoms in total. The van der Waals surface area contributed by atoms with E-state index in [0.29, 0.717) is 5.57 Å². The molecule has 3 heteroatoms. The van der Waals surface area contributed by atoms with E-state index in [9.17, 15) is 4.79 Å². The fourth-order valence-electron chi connectivity index (χ4n) is 2.01. The van der Waals surface area contributed by atoms with Crippen molar-refractivity contribution in [3.8, 4) is 0 Å². The summed E-state index contributed by atoms with van der Waals surface area (Å²) in [6.45, 7) is 4.43. The van der Waals surface area contributed by atoms with Crippen LogP contribution in [0.2, 0.25) is 0 Å². The van der Waals surface area contributed by atoms with E-state index in [0.717, 1.165) is 17.8 Å². The standard InChI is InChI=1S/C17H18N2O/c1-3-19(16-9-5-4-6-10-16)13-17(14(2)20)15-8-7-11-18-12-15/h4-13H,3H2,1-2H3/b17-13+. The van der Waals surface area contributed by atoms with Crippen LogP contribution in [0.15, 0.2) is 61.1 Å². The number of Topliss-reactive ketones (excluding diaryl/α,β-unsaturated/α-hetero) is 1. The van der Waals surface area contributed by atoms with E-state index in [4.69, 9.17) is 0 Å². The maximum absolute atomic E-state index is 11.9. The summed E-state index contributed by atoms with van der Waals surface area (Å²) in [6, 6.07) is 13.8. The van der Waals surface area contributed by atoms with Crippen LogP contribution >= 0.6 is 0 Å². The van der Waals surface area contributed by atoms with Gasteiger partial charge in [0.25, 0.3) is 0 Å². The molecule has 0 bridgehead atoms. The first kappa shape index (κ1) is 14.0. The Morgan fingerprint density at radius 2 is 1.95 bits per heavy atom. The Labute approximate surface area is 119 Å². The van der Waals surface area contributed by atoms with E-state index >= 15 is 0 Å². The van der Waals surface area contributed by atoms with Gasteiger partial charge in [0.1, 0.15) is 0 Å². The molecule has 0 aliphatic carbocycles. The van der Waals surface area contributed by atoms with Crippen molar-refractivity contribution in [1.29, 1.82) is 0 Å². The van der Waals surface area contributed by atoms with Crippen LogP contribution in [0, 0.1) is 0 Å². The lowest BCUT2D eigenvalue weighted by Gasteiger charge is -2.20. The summed E-state index contributed by atoms with van der Waals surface area (Å²) in [4.78, 5) is 18.0. The van der Waals surface area contributed by atoms with Crippen molar-refractivity contribution in [2.24, 2.45) is 0 Å². The van der Waals surface area contributed by atoms with Crippen molar-refractivity contribution in [2.45, 2.75) is 13.8 Å². The summed E-state index contributed by atoms with van der Waals surface area (Å²) >= 11 is 0. The second kappa shape index (κ2) is 6.66. The van der Waals surface area contributed by atoms with Crippen molar-refractivity contribution in [1.82, 2.24) is 4.98 Å². The number of carbonyl (C=O) groups excluding carboxylic acids is 1. The number of ketones is 1. The monoisotopic (exact) mass is 266 g/mol. The predicted molar refractivity (Wildman–Crippen MR) is 82.4 cm³/mol. The quantitative estimate of drug-likeness (QED) is 0.776. The average molecular weight is 266 g/mol. The smallest absolute Gasteiger partial charge is 0.161 e. The summed E-state index contributed by atoms with van der Waals surface area (Å²) in [5.41, 5.74) is 2.58. The second-order valence-corrected chi connectivity index (χ2v) is 4.46. The van der Waals surface area contributed by atoms with Crippen molar-refractivity contribution in [3.63, 3.8) is 0 Å². The van der Waals surface area contributed by atoms with Gasteiger partial charge in [0.2, 0.25) is 0 Å². The lowest BCUT2D eigenvalue weighted by Crippen LogP contribution is -2.17. The molecule has 0 atom stereocenters. The highest BCUT2D eigenvalue weighted by molar-refractivity contribution is 6.19. The van der Waals surface area contributed by atoms with Crippen LogP contribution in [0.25, 0.3) is 5.57 Å². The fraction of sp³-hybridized carbons (Fsp3) is 0.176. The number of allylic oxidation sites excluding steroid dienone is 1. The molecular formula is C17H18N2O. The Morgan fingerprint density at radius 3 is 2.50 bits per heavy atom. The molecule has 0 unspecified atom stereocenters. The molecule has 0 aliphatic heterocycles. The molecule has 0 fully saturated rings. The zero-order chi connectivity index (χ0) is 14.4. The van der Waals surface area contributed by atoms with Crippen molar-refractivity contribution >= 4 is 17.0 Å². The van der Waals surface area contributed by atoms with Crippen LogP contribution in [-0.4, -0.2) is 17.3 Å². The molecule has 20 heavy (non-hydrogen) atoms. The second-order valence-electron chi connectivity index (χ2n) is 4.46. The molecule has 1 aromatic heterocycles. The third-order valence-electron chi connectivity index (χ3n) is 3.07. The summed E-state index contributed by atoms with van der Waals surface area (Å²) in [5.74, 6) is 0.0346. The van der Waals surface area contributed by atoms with Crippen LogP contribution in [0.5, 0.6) is 0 Å². The van der Waals surface area contributed by atoms with Crippen molar-refractivity contribution < 1.29 is 4.79 Å². The summed E-state index contributed by atoms with van der Waals surface area (Å²) in [7, 11) is 0. The molecule has 0 aliphatic rings. The van der Waals surface area contributed by atoms with Crippen LogP contribution < -0.4 is 4.90 Å². The normalized spacial score (nSPS) is 11.2. The lowest BCUT2D eigenvalue weighted by molar-refractivity contribution is -0.111. The van der Waals surface area contributed by atoms with Crippen LogP contribution in [0.4, 0.5) is 5.69 Å². The summed E-state index contributed by atoms with van der Waals surface area (Å²) < 4.78 is 0. The van der Waals surface area contributed by atoms with Crippen LogP contribution in [-0.2, 0) is 4.79 Å². The molecular weight excluding hydrogens is 248 g/mol. The third-order valence-corrected chi connectivity index (χ3v) is 3.07. The molecule has 0 radical (unpaired) electrons. The number of rotatable bonds is 5. The van der Waals surface area contributed by atoms with Crippen LogP contribution in [0.1, 0.15) is 19.4 Å². The molecule has 0 amide bonds. The minimum Gasteiger partial charge on any atom is -0.348 e. The maximum atomic E-state index is 11.9. The highest BCUT2D eigenvalue weighted by Gasteiger charge is 2.10. The number of nitrogens with zero attached hydrogens (tertiary/aromatic N) is 2. The van der Waals surface area contributed by atoms with E-state index in [1.54, 1.807) is 19.3 Å². The molecule has 0 saturated carbocycles. The summed E-state index contributed by atoms with van der Waals surface area (Å²) in [6.07, 6.45) is 5.32. The van der Waals surface area contributed by atoms with Gasteiger partial charge in [-0.25, -0.2) is 0 Å². The van der Waals surface area contributed by atoms with Gasteiger partial charge in [-0.15, -0.1) is 0 Å². The molecule has 0 spiro atoms. The summed E-state index contributed by atoms with van der Waals surface area (Å²) in [5, 5.41) is 0. The molecule has 2 rings (SSSR count). The topological polar surface area (TPSA) is 33.2 Å². The molecule has 1 aromatic carbocycles. The van der Waals surface area contributed by atoms with Crippen LogP contribution in [0.3, 0.4) is 0 Å². The average Bonchev–Trinajstić information content (AvgIpc) is 2.50. The van der Waals surface area contributed by atoms with Gasteiger partial charge >= 0.3 is 0 Å². The number of hydrogen-bond donors (Lipinski definition) is 0. The minimum atomic E-state index is 0.0346. The number of para-hydroxylation sites is 1. The first-order valence-corrected chi connectivity index (χ1v) is 6.67.